The molecule has 20 heavy (non-hydrogen) atoms. The Morgan fingerprint density at radius 1 is 1.25 bits per heavy atom. The van der Waals surface area contributed by atoms with Crippen LogP contribution in [0.15, 0.2) is 10.5 Å². The molecule has 1 heterocycles. The summed E-state index contributed by atoms with van der Waals surface area (Å²) in [5.41, 5.74) is 1.45. The first kappa shape index (κ1) is 15.9. The molecule has 0 saturated carbocycles. The molecule has 110 valence electrons. The summed E-state index contributed by atoms with van der Waals surface area (Å²) in [7, 11) is 1.63. The molecule has 3 nitrogen and oxygen atoms in total. The summed E-state index contributed by atoms with van der Waals surface area (Å²) in [6.45, 7) is 4.01. The van der Waals surface area contributed by atoms with Crippen LogP contribution in [0.25, 0.3) is 11.0 Å². The van der Waals surface area contributed by atoms with Crippen molar-refractivity contribution in [3.63, 3.8) is 0 Å². The first-order valence-corrected chi connectivity index (χ1v) is 7.50. The molecular formula is C14H16Cl3NO2. The van der Waals surface area contributed by atoms with E-state index >= 15 is 0 Å². The highest BCUT2D eigenvalue weighted by Crippen LogP contribution is 2.40. The van der Waals surface area contributed by atoms with Crippen molar-refractivity contribution >= 4 is 45.8 Å². The van der Waals surface area contributed by atoms with Crippen LogP contribution in [0, 0.1) is 0 Å². The van der Waals surface area contributed by atoms with Gasteiger partial charge in [0.1, 0.15) is 5.76 Å². The minimum atomic E-state index is 0.395. The lowest BCUT2D eigenvalue weighted by atomic mass is 10.1. The van der Waals surface area contributed by atoms with Crippen molar-refractivity contribution in [3.8, 4) is 0 Å². The molecule has 6 heteroatoms. The van der Waals surface area contributed by atoms with Gasteiger partial charge in [-0.15, -0.1) is 0 Å². The second-order valence-electron chi connectivity index (χ2n) is 4.47. The largest absolute Gasteiger partial charge is 0.458 e. The minimum Gasteiger partial charge on any atom is -0.458 e. The summed E-state index contributed by atoms with van der Waals surface area (Å²) in [5, 5.41) is 5.34. The molecule has 0 saturated heterocycles. The molecular weight excluding hydrogens is 321 g/mol. The fraction of sp³-hybridized carbons (Fsp3) is 0.429. The summed E-state index contributed by atoms with van der Waals surface area (Å²) in [6.07, 6.45) is 1.05. The Balaban J connectivity index is 2.54. The lowest BCUT2D eigenvalue weighted by Crippen LogP contribution is -2.14. The van der Waals surface area contributed by atoms with Crippen molar-refractivity contribution < 1.29 is 9.15 Å². The average Bonchev–Trinajstić information content (AvgIpc) is 2.77. The molecule has 1 aromatic heterocycles. The maximum absolute atomic E-state index is 6.29. The molecule has 1 aromatic carbocycles. The van der Waals surface area contributed by atoms with E-state index in [1.807, 2.05) is 0 Å². The van der Waals surface area contributed by atoms with Crippen LogP contribution in [0.2, 0.25) is 15.1 Å². The predicted molar refractivity (Wildman–Crippen MR) is 84.0 cm³/mol. The number of hydrogen-bond acceptors (Lipinski definition) is 3. The first-order valence-electron chi connectivity index (χ1n) is 6.37. The second kappa shape index (κ2) is 7.01. The monoisotopic (exact) mass is 335 g/mol. The molecule has 0 fully saturated rings. The number of methoxy groups -OCH3 is 1. The number of ether oxygens (including phenoxy) is 1. The zero-order valence-corrected chi connectivity index (χ0v) is 13.6. The van der Waals surface area contributed by atoms with Gasteiger partial charge in [0.2, 0.25) is 0 Å². The van der Waals surface area contributed by atoms with Crippen LogP contribution in [-0.4, -0.2) is 13.7 Å². The number of nitrogens with one attached hydrogen (secondary N) is 1. The average molecular weight is 337 g/mol. The van der Waals surface area contributed by atoms with E-state index < -0.39 is 0 Å². The van der Waals surface area contributed by atoms with Crippen LogP contribution < -0.4 is 5.32 Å². The van der Waals surface area contributed by atoms with Crippen molar-refractivity contribution in [2.75, 3.05) is 13.7 Å². The van der Waals surface area contributed by atoms with Gasteiger partial charge in [0.05, 0.1) is 28.2 Å². The van der Waals surface area contributed by atoms with Crippen LogP contribution in [0.3, 0.4) is 0 Å². The highest BCUT2D eigenvalue weighted by Gasteiger charge is 2.20. The van der Waals surface area contributed by atoms with Crippen LogP contribution >= 0.6 is 34.8 Å². The summed E-state index contributed by atoms with van der Waals surface area (Å²) in [4.78, 5) is 0. The molecule has 0 aliphatic rings. The zero-order chi connectivity index (χ0) is 14.7. The Morgan fingerprint density at radius 2 is 2.00 bits per heavy atom. The Hall–Kier alpha value is -0.450. The molecule has 0 bridgehead atoms. The van der Waals surface area contributed by atoms with E-state index in [2.05, 4.69) is 12.2 Å². The highest BCUT2D eigenvalue weighted by molar-refractivity contribution is 6.47. The predicted octanol–water partition coefficient (Wildman–Crippen LogP) is 5.04. The van der Waals surface area contributed by atoms with Gasteiger partial charge < -0.3 is 14.5 Å². The van der Waals surface area contributed by atoms with Gasteiger partial charge in [-0.2, -0.15) is 0 Å². The molecule has 0 aliphatic carbocycles. The number of fused-ring (bicyclic) bond motifs is 1. The summed E-state index contributed by atoms with van der Waals surface area (Å²) in [5.74, 6) is 0.779. The van der Waals surface area contributed by atoms with Gasteiger partial charge in [-0.3, -0.25) is 0 Å². The molecule has 0 radical (unpaired) electrons. The van der Waals surface area contributed by atoms with E-state index in [9.17, 15) is 0 Å². The Morgan fingerprint density at radius 3 is 2.65 bits per heavy atom. The molecule has 0 unspecified atom stereocenters. The van der Waals surface area contributed by atoms with Gasteiger partial charge in [-0.25, -0.2) is 0 Å². The molecule has 0 amide bonds. The molecule has 2 rings (SSSR count). The molecule has 0 spiro atoms. The van der Waals surface area contributed by atoms with E-state index in [1.165, 1.54) is 0 Å². The third-order valence-electron chi connectivity index (χ3n) is 2.99. The van der Waals surface area contributed by atoms with Crippen LogP contribution in [0.4, 0.5) is 0 Å². The highest BCUT2D eigenvalue weighted by atomic mass is 35.5. The summed E-state index contributed by atoms with van der Waals surface area (Å²) in [6, 6.07) is 1.59. The maximum Gasteiger partial charge on any atom is 0.154 e. The normalized spacial score (nSPS) is 11.4. The van der Waals surface area contributed by atoms with Crippen molar-refractivity contribution in [2.45, 2.75) is 26.5 Å². The lowest BCUT2D eigenvalue weighted by Gasteiger charge is -2.04. The third kappa shape index (κ3) is 3.07. The fourth-order valence-electron chi connectivity index (χ4n) is 2.09. The molecule has 2 aromatic rings. The van der Waals surface area contributed by atoms with Gasteiger partial charge in [-0.1, -0.05) is 41.7 Å². The molecule has 1 N–H and O–H groups in total. The van der Waals surface area contributed by atoms with E-state index in [0.29, 0.717) is 33.8 Å². The Labute approximate surface area is 133 Å². The van der Waals surface area contributed by atoms with E-state index in [0.717, 1.165) is 29.7 Å². The van der Waals surface area contributed by atoms with Crippen LogP contribution in [-0.2, 0) is 17.9 Å². The number of benzene rings is 1. The van der Waals surface area contributed by atoms with Gasteiger partial charge >= 0.3 is 0 Å². The minimum absolute atomic E-state index is 0.395. The van der Waals surface area contributed by atoms with Crippen LogP contribution in [0.5, 0.6) is 0 Å². The van der Waals surface area contributed by atoms with Gasteiger partial charge in [-0.05, 0) is 19.0 Å². The van der Waals surface area contributed by atoms with Crippen molar-refractivity contribution in [3.05, 3.63) is 32.5 Å². The van der Waals surface area contributed by atoms with Gasteiger partial charge in [0, 0.05) is 18.1 Å². The van der Waals surface area contributed by atoms with Crippen LogP contribution in [0.1, 0.15) is 24.7 Å². The third-order valence-corrected chi connectivity index (χ3v) is 4.06. The summed E-state index contributed by atoms with van der Waals surface area (Å²) < 4.78 is 11.1. The Kier molecular flexibility index (Phi) is 5.58. The fourth-order valence-corrected chi connectivity index (χ4v) is 2.85. The second-order valence-corrected chi connectivity index (χ2v) is 5.66. The zero-order valence-electron chi connectivity index (χ0n) is 11.4. The number of halogens is 3. The van der Waals surface area contributed by atoms with Crippen molar-refractivity contribution in [2.24, 2.45) is 0 Å². The topological polar surface area (TPSA) is 34.4 Å². The van der Waals surface area contributed by atoms with Crippen molar-refractivity contribution in [1.82, 2.24) is 5.32 Å². The van der Waals surface area contributed by atoms with E-state index in [1.54, 1.807) is 13.2 Å². The first-order chi connectivity index (χ1) is 9.60. The lowest BCUT2D eigenvalue weighted by molar-refractivity contribution is 0.183. The molecule has 0 aliphatic heterocycles. The van der Waals surface area contributed by atoms with E-state index in [-0.39, 0.29) is 0 Å². The maximum atomic E-state index is 6.29. The van der Waals surface area contributed by atoms with Gasteiger partial charge in [0.15, 0.2) is 5.58 Å². The quantitative estimate of drug-likeness (QED) is 0.593. The standard InChI is InChI=1S/C14H16Cl3NO2/c1-3-4-18-6-11-8(7-19-2)12-13(17)9(15)5-10(16)14(12)20-11/h5,18H,3-4,6-7H2,1-2H3. The number of hydrogen-bond donors (Lipinski definition) is 1. The number of furan rings is 1. The Bertz CT molecular complexity index is 610. The van der Waals surface area contributed by atoms with E-state index in [4.69, 9.17) is 44.0 Å². The SMILES string of the molecule is CCCNCc1oc2c(Cl)cc(Cl)c(Cl)c2c1COC. The van der Waals surface area contributed by atoms with Crippen molar-refractivity contribution in [1.29, 1.82) is 0 Å². The number of rotatable bonds is 6. The smallest absolute Gasteiger partial charge is 0.154 e. The summed E-state index contributed by atoms with van der Waals surface area (Å²) >= 11 is 18.6. The molecule has 0 atom stereocenters. The van der Waals surface area contributed by atoms with Gasteiger partial charge in [0.25, 0.3) is 0 Å².